The van der Waals surface area contributed by atoms with Gasteiger partial charge in [-0.2, -0.15) is 0 Å². The predicted octanol–water partition coefficient (Wildman–Crippen LogP) is 3.65. The molecule has 0 saturated carbocycles. The first-order chi connectivity index (χ1) is 11.2. The maximum Gasteiger partial charge on any atom is 0.122 e. The Bertz CT molecular complexity index is 571. The van der Waals surface area contributed by atoms with Gasteiger partial charge in [0, 0.05) is 13.1 Å². The van der Waals surface area contributed by atoms with E-state index in [1.54, 1.807) is 0 Å². The molecule has 2 aromatic rings. The minimum absolute atomic E-state index is 0.319. The van der Waals surface area contributed by atoms with Crippen LogP contribution in [0, 0.1) is 6.92 Å². The van der Waals surface area contributed by atoms with E-state index in [1.807, 2.05) is 37.3 Å². The van der Waals surface area contributed by atoms with Gasteiger partial charge in [-0.25, -0.2) is 0 Å². The van der Waals surface area contributed by atoms with Gasteiger partial charge in [-0.15, -0.1) is 0 Å². The van der Waals surface area contributed by atoms with E-state index in [-0.39, 0.29) is 0 Å². The van der Waals surface area contributed by atoms with Gasteiger partial charge in [0.05, 0.1) is 0 Å². The van der Waals surface area contributed by atoms with Crippen LogP contribution in [0.1, 0.15) is 24.5 Å². The summed E-state index contributed by atoms with van der Waals surface area (Å²) >= 11 is 0. The summed E-state index contributed by atoms with van der Waals surface area (Å²) in [6.45, 7) is 6.94. The van der Waals surface area contributed by atoms with Crippen molar-refractivity contribution in [3.05, 3.63) is 65.7 Å². The molecule has 124 valence electrons. The average Bonchev–Trinajstić information content (AvgIpc) is 2.55. The topological polar surface area (TPSA) is 32.7 Å². The van der Waals surface area contributed by atoms with E-state index in [1.165, 1.54) is 5.56 Å². The van der Waals surface area contributed by atoms with Gasteiger partial charge in [-0.3, -0.25) is 4.90 Å². The fraction of sp³-hybridized carbons (Fsp3) is 0.400. The van der Waals surface area contributed by atoms with Crippen molar-refractivity contribution >= 4 is 0 Å². The van der Waals surface area contributed by atoms with Crippen molar-refractivity contribution in [1.82, 2.24) is 4.90 Å². The van der Waals surface area contributed by atoms with Crippen molar-refractivity contribution in [2.75, 3.05) is 19.7 Å². The highest BCUT2D eigenvalue weighted by atomic mass is 16.5. The lowest BCUT2D eigenvalue weighted by atomic mass is 10.2. The Morgan fingerprint density at radius 2 is 1.74 bits per heavy atom. The highest BCUT2D eigenvalue weighted by molar-refractivity contribution is 5.31. The molecule has 0 aliphatic carbocycles. The third-order valence-corrected chi connectivity index (χ3v) is 3.78. The number of aliphatic hydroxyl groups excluding tert-OH is 1. The summed E-state index contributed by atoms with van der Waals surface area (Å²) in [6.07, 6.45) is 0.572. The zero-order valence-electron chi connectivity index (χ0n) is 14.1. The lowest BCUT2D eigenvalue weighted by Gasteiger charge is -2.25. The zero-order valence-corrected chi connectivity index (χ0v) is 14.1. The zero-order chi connectivity index (χ0) is 16.5. The fourth-order valence-corrected chi connectivity index (χ4v) is 2.65. The van der Waals surface area contributed by atoms with Crippen molar-refractivity contribution in [3.63, 3.8) is 0 Å². The second-order valence-corrected chi connectivity index (χ2v) is 5.95. The summed E-state index contributed by atoms with van der Waals surface area (Å²) in [7, 11) is 0. The van der Waals surface area contributed by atoms with Crippen molar-refractivity contribution in [3.8, 4) is 5.75 Å². The molecule has 0 aliphatic rings. The van der Waals surface area contributed by atoms with Crippen LogP contribution >= 0.6 is 0 Å². The van der Waals surface area contributed by atoms with E-state index in [9.17, 15) is 5.11 Å². The molecule has 0 radical (unpaired) electrons. The Morgan fingerprint density at radius 3 is 2.43 bits per heavy atom. The number of aryl methyl sites for hydroxylation is 1. The number of nitrogens with zero attached hydrogens (tertiary/aromatic N) is 1. The van der Waals surface area contributed by atoms with Crippen LogP contribution in [0.15, 0.2) is 54.6 Å². The molecule has 3 heteroatoms. The van der Waals surface area contributed by atoms with Gasteiger partial charge in [0.15, 0.2) is 0 Å². The molecule has 2 aromatic carbocycles. The molecule has 0 aliphatic heterocycles. The Labute approximate surface area is 139 Å². The van der Waals surface area contributed by atoms with Crippen molar-refractivity contribution in [2.24, 2.45) is 0 Å². The second kappa shape index (κ2) is 9.33. The highest BCUT2D eigenvalue weighted by Crippen LogP contribution is 2.16. The summed E-state index contributed by atoms with van der Waals surface area (Å²) in [5.74, 6) is 0.844. The van der Waals surface area contributed by atoms with Crippen LogP contribution in [0.4, 0.5) is 0 Å². The maximum atomic E-state index is 10.3. The molecule has 2 rings (SSSR count). The minimum Gasteiger partial charge on any atom is -0.491 e. The summed E-state index contributed by atoms with van der Waals surface area (Å²) in [5, 5.41) is 10.3. The van der Waals surface area contributed by atoms with Gasteiger partial charge in [0.2, 0.25) is 0 Å². The maximum absolute atomic E-state index is 10.3. The monoisotopic (exact) mass is 313 g/mol. The molecule has 0 fully saturated rings. The van der Waals surface area contributed by atoms with Gasteiger partial charge in [-0.05, 0) is 37.1 Å². The Morgan fingerprint density at radius 1 is 1.04 bits per heavy atom. The lowest BCUT2D eigenvalue weighted by molar-refractivity contribution is 0.0654. The number of ether oxygens (including phenoxy) is 1. The van der Waals surface area contributed by atoms with E-state index in [4.69, 9.17) is 4.74 Å². The number of benzene rings is 2. The number of rotatable bonds is 9. The van der Waals surface area contributed by atoms with E-state index >= 15 is 0 Å². The smallest absolute Gasteiger partial charge is 0.122 e. The lowest BCUT2D eigenvalue weighted by Crippen LogP contribution is -2.35. The summed E-state index contributed by atoms with van der Waals surface area (Å²) in [5.41, 5.74) is 2.36. The van der Waals surface area contributed by atoms with E-state index < -0.39 is 6.10 Å². The number of hydrogen-bond acceptors (Lipinski definition) is 3. The predicted molar refractivity (Wildman–Crippen MR) is 94.7 cm³/mol. The van der Waals surface area contributed by atoms with Crippen molar-refractivity contribution in [1.29, 1.82) is 0 Å². The molecule has 0 spiro atoms. The summed E-state index contributed by atoms with van der Waals surface area (Å²) in [6, 6.07) is 18.3. The van der Waals surface area contributed by atoms with Crippen LogP contribution in [0.2, 0.25) is 0 Å². The van der Waals surface area contributed by atoms with Crippen LogP contribution in [-0.2, 0) is 6.54 Å². The first kappa shape index (κ1) is 17.5. The van der Waals surface area contributed by atoms with Crippen LogP contribution in [0.3, 0.4) is 0 Å². The molecule has 1 N–H and O–H groups in total. The van der Waals surface area contributed by atoms with Crippen LogP contribution in [0.25, 0.3) is 0 Å². The fourth-order valence-electron chi connectivity index (χ4n) is 2.65. The largest absolute Gasteiger partial charge is 0.491 e. The quantitative estimate of drug-likeness (QED) is 0.767. The number of aliphatic hydroxyl groups is 1. The second-order valence-electron chi connectivity index (χ2n) is 5.95. The first-order valence-corrected chi connectivity index (χ1v) is 8.31. The average molecular weight is 313 g/mol. The Balaban J connectivity index is 1.85. The van der Waals surface area contributed by atoms with E-state index in [2.05, 4.69) is 36.1 Å². The number of hydrogen-bond donors (Lipinski definition) is 1. The van der Waals surface area contributed by atoms with Crippen molar-refractivity contribution in [2.45, 2.75) is 32.9 Å². The molecule has 1 atom stereocenters. The molecule has 1 unspecified atom stereocenters. The first-order valence-electron chi connectivity index (χ1n) is 8.31. The molecule has 0 heterocycles. The molecule has 23 heavy (non-hydrogen) atoms. The molecular weight excluding hydrogens is 286 g/mol. The molecule has 0 amide bonds. The third-order valence-electron chi connectivity index (χ3n) is 3.78. The van der Waals surface area contributed by atoms with Crippen LogP contribution < -0.4 is 4.74 Å². The standard InChI is InChI=1S/C20H27NO2/c1-3-13-21(14-18-10-5-4-6-11-18)15-19(22)16-23-20-12-8-7-9-17(20)2/h4-12,19,22H,3,13-16H2,1-2H3. The molecular formula is C20H27NO2. The minimum atomic E-state index is -0.495. The van der Waals surface area contributed by atoms with Gasteiger partial charge < -0.3 is 9.84 Å². The summed E-state index contributed by atoms with van der Waals surface area (Å²) in [4.78, 5) is 2.28. The van der Waals surface area contributed by atoms with Gasteiger partial charge in [0.25, 0.3) is 0 Å². The molecule has 0 bridgehead atoms. The number of para-hydroxylation sites is 1. The molecule has 3 nitrogen and oxygen atoms in total. The SMILES string of the molecule is CCCN(Cc1ccccc1)CC(O)COc1ccccc1C. The van der Waals surface area contributed by atoms with Crippen LogP contribution in [0.5, 0.6) is 5.75 Å². The normalized spacial score (nSPS) is 12.3. The third kappa shape index (κ3) is 6.05. The van der Waals surface area contributed by atoms with E-state index in [0.717, 1.165) is 30.8 Å². The molecule has 0 aromatic heterocycles. The van der Waals surface area contributed by atoms with Gasteiger partial charge in [0.1, 0.15) is 18.5 Å². The highest BCUT2D eigenvalue weighted by Gasteiger charge is 2.13. The van der Waals surface area contributed by atoms with Gasteiger partial charge in [-0.1, -0.05) is 55.5 Å². The Hall–Kier alpha value is -1.84. The molecule has 0 saturated heterocycles. The van der Waals surface area contributed by atoms with Crippen LogP contribution in [-0.4, -0.2) is 35.8 Å². The summed E-state index contributed by atoms with van der Waals surface area (Å²) < 4.78 is 5.75. The van der Waals surface area contributed by atoms with Gasteiger partial charge >= 0.3 is 0 Å². The van der Waals surface area contributed by atoms with E-state index in [0.29, 0.717) is 13.2 Å². The Kier molecular flexibility index (Phi) is 7.11. The van der Waals surface area contributed by atoms with Crippen molar-refractivity contribution < 1.29 is 9.84 Å².